The molecule has 1 aromatic carbocycles. The first-order valence-electron chi connectivity index (χ1n) is 7.31. The molecule has 0 atom stereocenters. The van der Waals surface area contributed by atoms with Crippen molar-refractivity contribution in [3.05, 3.63) is 53.6 Å². The van der Waals surface area contributed by atoms with Crippen LogP contribution in [0.2, 0.25) is 0 Å². The highest BCUT2D eigenvalue weighted by Crippen LogP contribution is 2.07. The number of hydrogen-bond acceptors (Lipinski definition) is 2. The highest BCUT2D eigenvalue weighted by Gasteiger charge is 2.07. The van der Waals surface area contributed by atoms with E-state index in [1.807, 2.05) is 38.1 Å². The molecule has 0 radical (unpaired) electrons. The lowest BCUT2D eigenvalue weighted by molar-refractivity contribution is 0.474. The SMILES string of the molecule is CCNC(=NCc1ccnn1C)N(C)Cc1cccc(F)c1.I. The molecule has 0 unspecified atom stereocenters. The van der Waals surface area contributed by atoms with Crippen LogP contribution >= 0.6 is 24.0 Å². The third kappa shape index (κ3) is 5.81. The van der Waals surface area contributed by atoms with Crippen molar-refractivity contribution < 1.29 is 4.39 Å². The van der Waals surface area contributed by atoms with Crippen molar-refractivity contribution in [1.82, 2.24) is 20.0 Å². The fourth-order valence-corrected chi connectivity index (χ4v) is 2.17. The largest absolute Gasteiger partial charge is 0.357 e. The van der Waals surface area contributed by atoms with E-state index in [1.54, 1.807) is 23.0 Å². The first-order chi connectivity index (χ1) is 10.6. The van der Waals surface area contributed by atoms with Gasteiger partial charge in [0.2, 0.25) is 0 Å². The van der Waals surface area contributed by atoms with Gasteiger partial charge in [0, 0.05) is 33.4 Å². The Labute approximate surface area is 153 Å². The highest BCUT2D eigenvalue weighted by molar-refractivity contribution is 14.0. The van der Waals surface area contributed by atoms with Gasteiger partial charge in [-0.05, 0) is 30.7 Å². The summed E-state index contributed by atoms with van der Waals surface area (Å²) in [6.07, 6.45) is 1.76. The van der Waals surface area contributed by atoms with Gasteiger partial charge in [-0.1, -0.05) is 12.1 Å². The highest BCUT2D eigenvalue weighted by atomic mass is 127. The zero-order chi connectivity index (χ0) is 15.9. The van der Waals surface area contributed by atoms with E-state index >= 15 is 0 Å². The van der Waals surface area contributed by atoms with Gasteiger partial charge < -0.3 is 10.2 Å². The first kappa shape index (κ1) is 19.4. The number of hydrogen-bond donors (Lipinski definition) is 1. The van der Waals surface area contributed by atoms with Crippen LogP contribution in [-0.2, 0) is 20.1 Å². The monoisotopic (exact) mass is 431 g/mol. The molecule has 1 N–H and O–H groups in total. The van der Waals surface area contributed by atoms with Crippen LogP contribution in [0.15, 0.2) is 41.5 Å². The summed E-state index contributed by atoms with van der Waals surface area (Å²) in [5, 5.41) is 7.39. The van der Waals surface area contributed by atoms with Gasteiger partial charge >= 0.3 is 0 Å². The quantitative estimate of drug-likeness (QED) is 0.450. The summed E-state index contributed by atoms with van der Waals surface area (Å²) >= 11 is 0. The zero-order valence-electron chi connectivity index (χ0n) is 13.7. The summed E-state index contributed by atoms with van der Waals surface area (Å²) < 4.78 is 15.1. The van der Waals surface area contributed by atoms with Gasteiger partial charge in [-0.2, -0.15) is 5.10 Å². The minimum atomic E-state index is -0.220. The molecule has 0 amide bonds. The lowest BCUT2D eigenvalue weighted by atomic mass is 10.2. The predicted octanol–water partition coefficient (Wildman–Crippen LogP) is 2.77. The second kappa shape index (κ2) is 9.49. The van der Waals surface area contributed by atoms with Gasteiger partial charge in [0.05, 0.1) is 12.2 Å². The van der Waals surface area contributed by atoms with E-state index in [4.69, 9.17) is 0 Å². The van der Waals surface area contributed by atoms with Gasteiger partial charge in [-0.25, -0.2) is 9.38 Å². The third-order valence-electron chi connectivity index (χ3n) is 3.32. The molecule has 0 saturated heterocycles. The van der Waals surface area contributed by atoms with E-state index in [1.165, 1.54) is 6.07 Å². The molecular formula is C16H23FIN5. The van der Waals surface area contributed by atoms with E-state index in [0.29, 0.717) is 13.1 Å². The molecule has 23 heavy (non-hydrogen) atoms. The number of aliphatic imine (C=N–C) groups is 1. The molecule has 1 heterocycles. The second-order valence-electron chi connectivity index (χ2n) is 5.10. The molecule has 0 saturated carbocycles. The van der Waals surface area contributed by atoms with Gasteiger partial charge in [0.15, 0.2) is 5.96 Å². The fraction of sp³-hybridized carbons (Fsp3) is 0.375. The molecule has 0 aliphatic heterocycles. The van der Waals surface area contributed by atoms with Crippen molar-refractivity contribution in [1.29, 1.82) is 0 Å². The standard InChI is InChI=1S/C16H22FN5.HI/c1-4-18-16(19-11-15-8-9-20-22(15)3)21(2)12-13-6-5-7-14(17)10-13;/h5-10H,4,11-12H2,1-3H3,(H,18,19);1H. The lowest BCUT2D eigenvalue weighted by Crippen LogP contribution is -2.38. The second-order valence-corrected chi connectivity index (χ2v) is 5.10. The van der Waals surface area contributed by atoms with Crippen LogP contribution in [0.1, 0.15) is 18.2 Å². The summed E-state index contributed by atoms with van der Waals surface area (Å²) in [5.41, 5.74) is 1.95. The van der Waals surface area contributed by atoms with Crippen LogP contribution in [0.5, 0.6) is 0 Å². The summed E-state index contributed by atoms with van der Waals surface area (Å²) in [6.45, 7) is 3.94. The molecule has 5 nitrogen and oxygen atoms in total. The van der Waals surface area contributed by atoms with Crippen LogP contribution in [0.3, 0.4) is 0 Å². The molecular weight excluding hydrogens is 408 g/mol. The number of nitrogens with one attached hydrogen (secondary N) is 1. The molecule has 0 aliphatic carbocycles. The van der Waals surface area contributed by atoms with E-state index in [2.05, 4.69) is 15.4 Å². The van der Waals surface area contributed by atoms with E-state index < -0.39 is 0 Å². The topological polar surface area (TPSA) is 45.5 Å². The number of benzene rings is 1. The van der Waals surface area contributed by atoms with Crippen molar-refractivity contribution >= 4 is 29.9 Å². The summed E-state index contributed by atoms with van der Waals surface area (Å²) in [7, 11) is 3.84. The molecule has 7 heteroatoms. The van der Waals surface area contributed by atoms with Gasteiger partial charge in [-0.15, -0.1) is 24.0 Å². The molecule has 0 fully saturated rings. The summed E-state index contributed by atoms with van der Waals surface area (Å²) in [4.78, 5) is 6.59. The summed E-state index contributed by atoms with van der Waals surface area (Å²) in [5.74, 6) is 0.565. The number of guanidine groups is 1. The molecule has 126 valence electrons. The van der Waals surface area contributed by atoms with Gasteiger partial charge in [-0.3, -0.25) is 4.68 Å². The maximum Gasteiger partial charge on any atom is 0.194 e. The van der Waals surface area contributed by atoms with Crippen molar-refractivity contribution in [3.63, 3.8) is 0 Å². The van der Waals surface area contributed by atoms with Gasteiger partial charge in [0.25, 0.3) is 0 Å². The van der Waals surface area contributed by atoms with Crippen LogP contribution in [0, 0.1) is 5.82 Å². The van der Waals surface area contributed by atoms with Crippen molar-refractivity contribution in [2.24, 2.45) is 12.0 Å². The van der Waals surface area contributed by atoms with Gasteiger partial charge in [0.1, 0.15) is 5.82 Å². The lowest BCUT2D eigenvalue weighted by Gasteiger charge is -2.22. The zero-order valence-corrected chi connectivity index (χ0v) is 16.0. The van der Waals surface area contributed by atoms with E-state index in [9.17, 15) is 4.39 Å². The van der Waals surface area contributed by atoms with E-state index in [-0.39, 0.29) is 29.8 Å². The molecule has 0 bridgehead atoms. The minimum absolute atomic E-state index is 0. The molecule has 2 rings (SSSR count). The average molecular weight is 431 g/mol. The Bertz CT molecular complexity index is 641. The Hall–Kier alpha value is -1.64. The Kier molecular flexibility index (Phi) is 8.01. The Morgan fingerprint density at radius 1 is 1.39 bits per heavy atom. The van der Waals surface area contributed by atoms with Crippen molar-refractivity contribution in [3.8, 4) is 0 Å². The number of halogens is 2. The molecule has 0 aliphatic rings. The Balaban J connectivity index is 0.00000264. The smallest absolute Gasteiger partial charge is 0.194 e. The number of rotatable bonds is 5. The third-order valence-corrected chi connectivity index (χ3v) is 3.32. The average Bonchev–Trinajstić information content (AvgIpc) is 2.88. The van der Waals surface area contributed by atoms with Crippen LogP contribution < -0.4 is 5.32 Å². The van der Waals surface area contributed by atoms with E-state index in [0.717, 1.165) is 23.8 Å². The molecule has 2 aromatic rings. The van der Waals surface area contributed by atoms with Crippen LogP contribution in [-0.4, -0.2) is 34.2 Å². The van der Waals surface area contributed by atoms with Crippen molar-refractivity contribution in [2.45, 2.75) is 20.0 Å². The maximum absolute atomic E-state index is 13.3. The van der Waals surface area contributed by atoms with Crippen molar-refractivity contribution in [2.75, 3.05) is 13.6 Å². The minimum Gasteiger partial charge on any atom is -0.357 e. The number of nitrogens with zero attached hydrogens (tertiary/aromatic N) is 4. The first-order valence-corrected chi connectivity index (χ1v) is 7.31. The number of aryl methyl sites for hydroxylation is 1. The van der Waals surface area contributed by atoms with Crippen LogP contribution in [0.4, 0.5) is 4.39 Å². The normalized spacial score (nSPS) is 11.0. The molecule has 0 spiro atoms. The number of aromatic nitrogens is 2. The molecule has 1 aromatic heterocycles. The Morgan fingerprint density at radius 3 is 2.78 bits per heavy atom. The predicted molar refractivity (Wildman–Crippen MR) is 101 cm³/mol. The fourth-order valence-electron chi connectivity index (χ4n) is 2.17. The Morgan fingerprint density at radius 2 is 2.17 bits per heavy atom. The summed E-state index contributed by atoms with van der Waals surface area (Å²) in [6, 6.07) is 8.56. The van der Waals surface area contributed by atoms with Crippen LogP contribution in [0.25, 0.3) is 0 Å². The maximum atomic E-state index is 13.3.